The minimum Gasteiger partial charge on any atom is -0.507 e. The van der Waals surface area contributed by atoms with E-state index in [1.165, 1.54) is 5.56 Å². The first-order chi connectivity index (χ1) is 7.58. The zero-order valence-corrected chi connectivity index (χ0v) is 10.6. The number of phenols is 1. The SMILES string of the molecule is CNCC(Cc1cc(C)cc(C)c1O)NC. The first-order valence-corrected chi connectivity index (χ1v) is 5.69. The van der Waals surface area contributed by atoms with E-state index in [0.717, 1.165) is 24.1 Å². The predicted octanol–water partition coefficient (Wildman–Crippen LogP) is 1.36. The van der Waals surface area contributed by atoms with Gasteiger partial charge in [-0.05, 0) is 45.5 Å². The van der Waals surface area contributed by atoms with Gasteiger partial charge in [0.25, 0.3) is 0 Å². The number of phenolic OH excluding ortho intramolecular Hbond substituents is 1. The van der Waals surface area contributed by atoms with Gasteiger partial charge in [0, 0.05) is 12.6 Å². The Morgan fingerprint density at radius 2 is 1.94 bits per heavy atom. The lowest BCUT2D eigenvalue weighted by atomic mass is 9.99. The second kappa shape index (κ2) is 5.87. The van der Waals surface area contributed by atoms with Crippen LogP contribution in [0.3, 0.4) is 0 Å². The molecule has 1 atom stereocenters. The molecule has 0 bridgehead atoms. The Labute approximate surface area is 97.9 Å². The van der Waals surface area contributed by atoms with Gasteiger partial charge < -0.3 is 15.7 Å². The van der Waals surface area contributed by atoms with Gasteiger partial charge in [0.15, 0.2) is 0 Å². The largest absolute Gasteiger partial charge is 0.507 e. The summed E-state index contributed by atoms with van der Waals surface area (Å²) < 4.78 is 0. The van der Waals surface area contributed by atoms with Crippen LogP contribution < -0.4 is 10.6 Å². The van der Waals surface area contributed by atoms with Crippen molar-refractivity contribution in [2.45, 2.75) is 26.3 Å². The zero-order valence-electron chi connectivity index (χ0n) is 10.6. The Balaban J connectivity index is 2.87. The molecule has 90 valence electrons. The maximum Gasteiger partial charge on any atom is 0.121 e. The van der Waals surface area contributed by atoms with Crippen molar-refractivity contribution in [2.75, 3.05) is 20.6 Å². The van der Waals surface area contributed by atoms with Gasteiger partial charge in [-0.2, -0.15) is 0 Å². The van der Waals surface area contributed by atoms with Gasteiger partial charge in [0.2, 0.25) is 0 Å². The molecule has 0 aliphatic carbocycles. The van der Waals surface area contributed by atoms with Gasteiger partial charge >= 0.3 is 0 Å². The highest BCUT2D eigenvalue weighted by atomic mass is 16.3. The van der Waals surface area contributed by atoms with Crippen LogP contribution in [-0.4, -0.2) is 31.8 Å². The standard InChI is InChI=1S/C13H22N2O/c1-9-5-10(2)13(16)11(6-9)7-12(15-4)8-14-3/h5-6,12,14-16H,7-8H2,1-4H3. The summed E-state index contributed by atoms with van der Waals surface area (Å²) in [7, 11) is 3.88. The molecule has 1 aromatic rings. The molecule has 0 fully saturated rings. The van der Waals surface area contributed by atoms with Gasteiger partial charge in [0.1, 0.15) is 5.75 Å². The van der Waals surface area contributed by atoms with E-state index in [4.69, 9.17) is 0 Å². The summed E-state index contributed by atoms with van der Waals surface area (Å²) in [4.78, 5) is 0. The van der Waals surface area contributed by atoms with Gasteiger partial charge in [-0.3, -0.25) is 0 Å². The van der Waals surface area contributed by atoms with Crippen LogP contribution >= 0.6 is 0 Å². The van der Waals surface area contributed by atoms with Crippen LogP contribution in [0.1, 0.15) is 16.7 Å². The molecule has 0 spiro atoms. The van der Waals surface area contributed by atoms with Gasteiger partial charge in [-0.15, -0.1) is 0 Å². The van der Waals surface area contributed by atoms with Crippen molar-refractivity contribution >= 4 is 0 Å². The molecule has 1 unspecified atom stereocenters. The zero-order chi connectivity index (χ0) is 12.1. The maximum absolute atomic E-state index is 9.99. The molecule has 3 heteroatoms. The van der Waals surface area contributed by atoms with E-state index in [1.54, 1.807) is 0 Å². The van der Waals surface area contributed by atoms with E-state index >= 15 is 0 Å². The smallest absolute Gasteiger partial charge is 0.121 e. The second-order valence-electron chi connectivity index (χ2n) is 4.34. The third-order valence-corrected chi connectivity index (χ3v) is 2.85. The van der Waals surface area contributed by atoms with E-state index in [9.17, 15) is 5.11 Å². The molecular weight excluding hydrogens is 200 g/mol. The van der Waals surface area contributed by atoms with E-state index in [-0.39, 0.29) is 0 Å². The summed E-state index contributed by atoms with van der Waals surface area (Å²) in [6.07, 6.45) is 0.839. The lowest BCUT2D eigenvalue weighted by molar-refractivity contribution is 0.453. The van der Waals surface area contributed by atoms with Crippen LogP contribution in [0.5, 0.6) is 5.75 Å². The third kappa shape index (κ3) is 3.22. The molecule has 0 aromatic heterocycles. The molecule has 3 N–H and O–H groups in total. The van der Waals surface area contributed by atoms with E-state index in [0.29, 0.717) is 11.8 Å². The number of benzene rings is 1. The number of rotatable bonds is 5. The van der Waals surface area contributed by atoms with E-state index < -0.39 is 0 Å². The molecule has 0 saturated heterocycles. The summed E-state index contributed by atoms with van der Waals surface area (Å²) >= 11 is 0. The topological polar surface area (TPSA) is 44.3 Å². The van der Waals surface area contributed by atoms with E-state index in [2.05, 4.69) is 23.6 Å². The highest BCUT2D eigenvalue weighted by Gasteiger charge is 2.11. The van der Waals surface area contributed by atoms with Crippen molar-refractivity contribution in [3.05, 3.63) is 28.8 Å². The first-order valence-electron chi connectivity index (χ1n) is 5.69. The Morgan fingerprint density at radius 1 is 1.25 bits per heavy atom. The monoisotopic (exact) mass is 222 g/mol. The lowest BCUT2D eigenvalue weighted by Gasteiger charge is -2.17. The summed E-state index contributed by atoms with van der Waals surface area (Å²) in [5.41, 5.74) is 3.17. The van der Waals surface area contributed by atoms with Crippen LogP contribution in [-0.2, 0) is 6.42 Å². The Bertz CT molecular complexity index is 350. The number of aryl methyl sites for hydroxylation is 2. The number of likely N-dealkylation sites (N-methyl/N-ethyl adjacent to an activating group) is 2. The van der Waals surface area contributed by atoms with Gasteiger partial charge in [-0.25, -0.2) is 0 Å². The Hall–Kier alpha value is -1.06. The molecular formula is C13H22N2O. The Morgan fingerprint density at radius 3 is 2.50 bits per heavy atom. The van der Waals surface area contributed by atoms with Crippen LogP contribution in [0.15, 0.2) is 12.1 Å². The number of hydrogen-bond donors (Lipinski definition) is 3. The van der Waals surface area contributed by atoms with Crippen molar-refractivity contribution in [1.82, 2.24) is 10.6 Å². The summed E-state index contributed by atoms with van der Waals surface area (Å²) in [5, 5.41) is 16.4. The van der Waals surface area contributed by atoms with Crippen molar-refractivity contribution < 1.29 is 5.11 Å². The molecule has 16 heavy (non-hydrogen) atoms. The van der Waals surface area contributed by atoms with Crippen LogP contribution in [0.25, 0.3) is 0 Å². The van der Waals surface area contributed by atoms with Gasteiger partial charge in [0.05, 0.1) is 0 Å². The molecule has 0 heterocycles. The van der Waals surface area contributed by atoms with Gasteiger partial charge in [-0.1, -0.05) is 17.7 Å². The third-order valence-electron chi connectivity index (χ3n) is 2.85. The molecule has 0 radical (unpaired) electrons. The fraction of sp³-hybridized carbons (Fsp3) is 0.538. The highest BCUT2D eigenvalue weighted by Crippen LogP contribution is 2.24. The van der Waals surface area contributed by atoms with Crippen LogP contribution in [0, 0.1) is 13.8 Å². The Kier molecular flexibility index (Phi) is 4.77. The van der Waals surface area contributed by atoms with Crippen molar-refractivity contribution in [2.24, 2.45) is 0 Å². The van der Waals surface area contributed by atoms with Crippen LogP contribution in [0.2, 0.25) is 0 Å². The normalized spacial score (nSPS) is 12.8. The lowest BCUT2D eigenvalue weighted by Crippen LogP contribution is -2.36. The summed E-state index contributed by atoms with van der Waals surface area (Å²) in [6, 6.07) is 4.41. The van der Waals surface area contributed by atoms with E-state index in [1.807, 2.05) is 27.1 Å². The molecule has 3 nitrogen and oxygen atoms in total. The molecule has 0 aliphatic heterocycles. The van der Waals surface area contributed by atoms with Crippen LogP contribution in [0.4, 0.5) is 0 Å². The first kappa shape index (κ1) is 13.0. The summed E-state index contributed by atoms with van der Waals surface area (Å²) in [6.45, 7) is 4.89. The maximum atomic E-state index is 9.99. The number of hydrogen-bond acceptors (Lipinski definition) is 3. The second-order valence-corrected chi connectivity index (χ2v) is 4.34. The number of aromatic hydroxyl groups is 1. The minimum atomic E-state index is 0.345. The molecule has 0 aliphatic rings. The molecule has 1 aromatic carbocycles. The highest BCUT2D eigenvalue weighted by molar-refractivity contribution is 5.43. The average Bonchev–Trinajstić information content (AvgIpc) is 2.24. The fourth-order valence-electron chi connectivity index (χ4n) is 1.99. The predicted molar refractivity (Wildman–Crippen MR) is 68.1 cm³/mol. The number of nitrogens with one attached hydrogen (secondary N) is 2. The van der Waals surface area contributed by atoms with Crippen molar-refractivity contribution in [3.8, 4) is 5.75 Å². The molecule has 0 amide bonds. The fourth-order valence-corrected chi connectivity index (χ4v) is 1.99. The summed E-state index contributed by atoms with van der Waals surface area (Å²) in [5.74, 6) is 0.432. The van der Waals surface area contributed by atoms with Crippen molar-refractivity contribution in [3.63, 3.8) is 0 Å². The average molecular weight is 222 g/mol. The quantitative estimate of drug-likeness (QED) is 0.705. The molecule has 0 saturated carbocycles. The minimum absolute atomic E-state index is 0.345. The molecule has 1 rings (SSSR count). The van der Waals surface area contributed by atoms with Crippen molar-refractivity contribution in [1.29, 1.82) is 0 Å².